The Bertz CT molecular complexity index is 1600. The Hall–Kier alpha value is -3.33. The highest BCUT2D eigenvalue weighted by molar-refractivity contribution is 7.85. The molecule has 4 aromatic rings. The molecule has 0 spiro atoms. The molecular formula is C28H27N2O4S2+. The molecule has 0 aliphatic carbocycles. The van der Waals surface area contributed by atoms with Crippen LogP contribution in [0, 0.1) is 0 Å². The molecule has 5 rings (SSSR count). The van der Waals surface area contributed by atoms with Gasteiger partial charge in [0.05, 0.1) is 26.9 Å². The van der Waals surface area contributed by atoms with Gasteiger partial charge in [0.1, 0.15) is 17.3 Å². The Labute approximate surface area is 214 Å². The zero-order chi connectivity index (χ0) is 25.5. The van der Waals surface area contributed by atoms with Gasteiger partial charge in [-0.2, -0.15) is 13.0 Å². The highest BCUT2D eigenvalue weighted by Gasteiger charge is 2.43. The summed E-state index contributed by atoms with van der Waals surface area (Å²) in [5.41, 5.74) is 5.45. The van der Waals surface area contributed by atoms with Crippen molar-refractivity contribution < 1.29 is 22.7 Å². The maximum atomic E-state index is 11.3. The van der Waals surface area contributed by atoms with Crippen LogP contribution in [0.1, 0.15) is 31.4 Å². The minimum atomic E-state index is -4.02. The number of aromatic hydroxyl groups is 1. The fourth-order valence-electron chi connectivity index (χ4n) is 4.78. The van der Waals surface area contributed by atoms with E-state index in [4.69, 9.17) is 0 Å². The Morgan fingerprint density at radius 1 is 1.03 bits per heavy atom. The molecule has 0 unspecified atom stereocenters. The van der Waals surface area contributed by atoms with Crippen molar-refractivity contribution in [1.82, 2.24) is 4.98 Å². The van der Waals surface area contributed by atoms with Gasteiger partial charge in [-0.1, -0.05) is 36.4 Å². The molecule has 1 aromatic heterocycles. The van der Waals surface area contributed by atoms with Crippen molar-refractivity contribution >= 4 is 49.1 Å². The van der Waals surface area contributed by atoms with E-state index < -0.39 is 10.1 Å². The van der Waals surface area contributed by atoms with Crippen LogP contribution in [0.15, 0.2) is 72.8 Å². The molecule has 2 heterocycles. The van der Waals surface area contributed by atoms with Gasteiger partial charge in [0.15, 0.2) is 5.71 Å². The molecule has 0 saturated carbocycles. The predicted octanol–water partition coefficient (Wildman–Crippen LogP) is 6.04. The van der Waals surface area contributed by atoms with E-state index in [-0.39, 0.29) is 16.9 Å². The number of phenolic OH excluding ortho intramolecular Hbond substituents is 1. The van der Waals surface area contributed by atoms with E-state index in [1.165, 1.54) is 0 Å². The van der Waals surface area contributed by atoms with Crippen LogP contribution < -0.4 is 0 Å². The van der Waals surface area contributed by atoms with E-state index in [0.29, 0.717) is 18.5 Å². The summed E-state index contributed by atoms with van der Waals surface area (Å²) in [6.07, 6.45) is 4.37. The number of thiazole rings is 1. The van der Waals surface area contributed by atoms with Crippen LogP contribution in [0.5, 0.6) is 5.75 Å². The van der Waals surface area contributed by atoms with Crippen LogP contribution in [-0.2, 0) is 15.5 Å². The third kappa shape index (κ3) is 4.72. The van der Waals surface area contributed by atoms with Crippen LogP contribution >= 0.6 is 11.3 Å². The largest absolute Gasteiger partial charge is 0.507 e. The van der Waals surface area contributed by atoms with Gasteiger partial charge in [0.25, 0.3) is 10.1 Å². The molecule has 0 atom stereocenters. The van der Waals surface area contributed by atoms with E-state index in [2.05, 4.69) is 35.5 Å². The van der Waals surface area contributed by atoms with Crippen molar-refractivity contribution in [1.29, 1.82) is 0 Å². The summed E-state index contributed by atoms with van der Waals surface area (Å²) in [5.74, 6) is -0.105. The first kappa shape index (κ1) is 24.4. The maximum absolute atomic E-state index is 11.3. The first-order valence-electron chi connectivity index (χ1n) is 11.7. The van der Waals surface area contributed by atoms with Gasteiger partial charge < -0.3 is 5.11 Å². The molecular weight excluding hydrogens is 492 g/mol. The van der Waals surface area contributed by atoms with Crippen LogP contribution in [0.3, 0.4) is 0 Å². The van der Waals surface area contributed by atoms with Crippen molar-refractivity contribution in [2.45, 2.75) is 25.7 Å². The number of fused-ring (bicyclic) bond motifs is 2. The smallest absolute Gasteiger partial charge is 0.265 e. The van der Waals surface area contributed by atoms with Crippen LogP contribution in [-0.4, -0.2) is 45.6 Å². The predicted molar refractivity (Wildman–Crippen MR) is 146 cm³/mol. The Kier molecular flexibility index (Phi) is 6.28. The highest BCUT2D eigenvalue weighted by Crippen LogP contribution is 2.40. The summed E-state index contributed by atoms with van der Waals surface area (Å²) in [6, 6.07) is 21.5. The van der Waals surface area contributed by atoms with E-state index in [1.807, 2.05) is 60.7 Å². The Morgan fingerprint density at radius 3 is 2.56 bits per heavy atom. The van der Waals surface area contributed by atoms with Crippen molar-refractivity contribution in [2.75, 3.05) is 12.3 Å². The minimum Gasteiger partial charge on any atom is -0.507 e. The second-order valence-corrected chi connectivity index (χ2v) is 12.0. The average molecular weight is 520 g/mol. The number of benzene rings is 3. The molecule has 0 radical (unpaired) electrons. The fraction of sp³-hybridized carbons (Fsp3) is 0.214. The van der Waals surface area contributed by atoms with Crippen molar-refractivity contribution in [2.24, 2.45) is 0 Å². The lowest BCUT2D eigenvalue weighted by molar-refractivity contribution is -0.437. The molecule has 6 nitrogen and oxygen atoms in total. The molecule has 0 amide bonds. The first-order valence-corrected chi connectivity index (χ1v) is 14.1. The topological polar surface area (TPSA) is 90.5 Å². The molecule has 2 N–H and O–H groups in total. The molecule has 3 aromatic carbocycles. The van der Waals surface area contributed by atoms with Gasteiger partial charge in [-0.3, -0.25) is 4.55 Å². The normalized spacial score (nSPS) is 15.2. The summed E-state index contributed by atoms with van der Waals surface area (Å²) in [7, 11) is -4.02. The molecule has 184 valence electrons. The quantitative estimate of drug-likeness (QED) is 0.230. The summed E-state index contributed by atoms with van der Waals surface area (Å²) in [6.45, 7) is 4.77. The average Bonchev–Trinajstić information content (AvgIpc) is 3.35. The van der Waals surface area contributed by atoms with E-state index in [0.717, 1.165) is 37.8 Å². The van der Waals surface area contributed by atoms with Crippen molar-refractivity contribution in [3.8, 4) is 16.3 Å². The van der Waals surface area contributed by atoms with Gasteiger partial charge in [-0.25, -0.2) is 4.98 Å². The fourth-order valence-corrected chi connectivity index (χ4v) is 6.26. The lowest BCUT2D eigenvalue weighted by atomic mass is 9.81. The zero-order valence-corrected chi connectivity index (χ0v) is 21.7. The van der Waals surface area contributed by atoms with Gasteiger partial charge in [-0.05, 0) is 49.8 Å². The molecule has 0 saturated heterocycles. The molecule has 0 fully saturated rings. The van der Waals surface area contributed by atoms with Crippen LogP contribution in [0.2, 0.25) is 0 Å². The molecule has 1 aliphatic heterocycles. The van der Waals surface area contributed by atoms with E-state index in [9.17, 15) is 18.1 Å². The minimum absolute atomic E-state index is 0.180. The standard InChI is InChI=1S/C28H26N2O4S2/c1-28(2)21-8-3-5-10-23(21)30(16-7-17-36(32,33)34)26(28)15-13-19-12-14-24(31)20(18-19)27-29-22-9-4-6-11-25(22)35-27/h3-6,8-15,18H,7,16-17H2,1-2H3,(H,32,33,34)/p+1. The van der Waals surface area contributed by atoms with E-state index >= 15 is 0 Å². The lowest BCUT2D eigenvalue weighted by Gasteiger charge is -2.15. The number of allylic oxidation sites excluding steroid dienone is 1. The number of hydrogen-bond donors (Lipinski definition) is 2. The molecule has 36 heavy (non-hydrogen) atoms. The lowest BCUT2D eigenvalue weighted by Crippen LogP contribution is -2.28. The Morgan fingerprint density at radius 2 is 1.78 bits per heavy atom. The van der Waals surface area contributed by atoms with Crippen molar-refractivity contribution in [3.63, 3.8) is 0 Å². The summed E-state index contributed by atoms with van der Waals surface area (Å²) in [5, 5.41) is 11.3. The van der Waals surface area contributed by atoms with Gasteiger partial charge in [0, 0.05) is 24.1 Å². The van der Waals surface area contributed by atoms with Crippen LogP contribution in [0.25, 0.3) is 26.9 Å². The molecule has 8 heteroatoms. The summed E-state index contributed by atoms with van der Waals surface area (Å²) in [4.78, 5) is 4.69. The van der Waals surface area contributed by atoms with Gasteiger partial charge in [-0.15, -0.1) is 11.3 Å². The third-order valence-corrected chi connectivity index (χ3v) is 8.44. The first-order chi connectivity index (χ1) is 17.1. The summed E-state index contributed by atoms with van der Waals surface area (Å²) < 4.78 is 35.0. The Balaban J connectivity index is 1.52. The van der Waals surface area contributed by atoms with Crippen LogP contribution in [0.4, 0.5) is 5.69 Å². The van der Waals surface area contributed by atoms with E-state index in [1.54, 1.807) is 17.4 Å². The monoisotopic (exact) mass is 519 g/mol. The molecule has 1 aliphatic rings. The number of aromatic nitrogens is 1. The number of nitrogens with zero attached hydrogens (tertiary/aromatic N) is 2. The second-order valence-electron chi connectivity index (χ2n) is 9.42. The summed E-state index contributed by atoms with van der Waals surface area (Å²) >= 11 is 1.54. The van der Waals surface area contributed by atoms with Gasteiger partial charge in [0.2, 0.25) is 5.69 Å². The second kappa shape index (κ2) is 9.28. The number of phenols is 1. The number of para-hydroxylation sites is 2. The number of rotatable bonds is 7. The number of hydrogen-bond acceptors (Lipinski definition) is 5. The third-order valence-electron chi connectivity index (χ3n) is 6.56. The van der Waals surface area contributed by atoms with Gasteiger partial charge >= 0.3 is 0 Å². The highest BCUT2D eigenvalue weighted by atomic mass is 32.2. The SMILES string of the molecule is CC1(C)C(C=Cc2ccc(O)c(-c3nc4ccccc4s3)c2)=[N+](CCCS(=O)(=O)O)c2ccccc21. The maximum Gasteiger partial charge on any atom is 0.265 e. The van der Waals surface area contributed by atoms with Crippen molar-refractivity contribution in [3.05, 3.63) is 83.9 Å². The zero-order valence-electron chi connectivity index (χ0n) is 20.0. The molecule has 0 bridgehead atoms.